The number of benzene rings is 2. The van der Waals surface area contributed by atoms with Gasteiger partial charge in [0, 0.05) is 35.1 Å². The summed E-state index contributed by atoms with van der Waals surface area (Å²) >= 11 is 0. The quantitative estimate of drug-likeness (QED) is 0.805. The SMILES string of the molecule is O=C([O-])C[C@@H](c1ccc(F)cc1F)c1c[nH]c2ccccc12. The van der Waals surface area contributed by atoms with Gasteiger partial charge in [-0.1, -0.05) is 24.3 Å². The number of carbonyl (C=O) groups excluding carboxylic acids is 1. The van der Waals surface area contributed by atoms with Crippen LogP contribution in [0.3, 0.4) is 0 Å². The second kappa shape index (κ2) is 5.60. The second-order valence-electron chi connectivity index (χ2n) is 5.08. The Kier molecular flexibility index (Phi) is 3.63. The average molecular weight is 300 g/mol. The van der Waals surface area contributed by atoms with Gasteiger partial charge in [0.1, 0.15) is 11.6 Å². The van der Waals surface area contributed by atoms with Crippen LogP contribution in [0.4, 0.5) is 8.78 Å². The number of aliphatic carboxylic acids is 1. The molecule has 0 saturated carbocycles. The van der Waals surface area contributed by atoms with E-state index in [2.05, 4.69) is 4.98 Å². The Morgan fingerprint density at radius 3 is 2.64 bits per heavy atom. The fraction of sp³-hybridized carbons (Fsp3) is 0.118. The molecule has 5 heteroatoms. The first kappa shape index (κ1) is 14.3. The lowest BCUT2D eigenvalue weighted by Crippen LogP contribution is -2.25. The van der Waals surface area contributed by atoms with Crippen LogP contribution >= 0.6 is 0 Å². The second-order valence-corrected chi connectivity index (χ2v) is 5.08. The maximum Gasteiger partial charge on any atom is 0.129 e. The number of fused-ring (bicyclic) bond motifs is 1. The summed E-state index contributed by atoms with van der Waals surface area (Å²) in [4.78, 5) is 14.1. The standard InChI is InChI=1S/C17H13F2NO2/c18-10-5-6-11(15(19)7-10)13(8-17(21)22)14-9-20-16-4-2-1-3-12(14)16/h1-7,9,13,20H,8H2,(H,21,22)/p-1/t13-/m0/s1. The van der Waals surface area contributed by atoms with Crippen LogP contribution in [0.2, 0.25) is 0 Å². The van der Waals surface area contributed by atoms with Crippen molar-refractivity contribution >= 4 is 16.9 Å². The predicted octanol–water partition coefficient (Wildman–Crippen LogP) is 2.72. The van der Waals surface area contributed by atoms with Gasteiger partial charge in [-0.25, -0.2) is 8.78 Å². The molecular weight excluding hydrogens is 288 g/mol. The smallest absolute Gasteiger partial charge is 0.129 e. The van der Waals surface area contributed by atoms with Crippen LogP contribution in [0.1, 0.15) is 23.5 Å². The molecule has 0 amide bonds. The monoisotopic (exact) mass is 300 g/mol. The van der Waals surface area contributed by atoms with Crippen molar-refractivity contribution in [3.8, 4) is 0 Å². The van der Waals surface area contributed by atoms with Gasteiger partial charge in [-0.3, -0.25) is 0 Å². The van der Waals surface area contributed by atoms with E-state index in [1.807, 2.05) is 24.3 Å². The van der Waals surface area contributed by atoms with Crippen LogP contribution in [-0.2, 0) is 4.79 Å². The molecule has 0 bridgehead atoms. The molecule has 0 fully saturated rings. The van der Waals surface area contributed by atoms with E-state index in [4.69, 9.17) is 0 Å². The summed E-state index contributed by atoms with van der Waals surface area (Å²) in [6.07, 6.45) is 1.27. The summed E-state index contributed by atoms with van der Waals surface area (Å²) in [5.41, 5.74) is 1.60. The topological polar surface area (TPSA) is 55.9 Å². The number of halogens is 2. The lowest BCUT2D eigenvalue weighted by molar-refractivity contribution is -0.305. The number of carboxylic acid groups (broad SMARTS) is 1. The molecule has 0 aliphatic heterocycles. The number of rotatable bonds is 4. The molecule has 3 aromatic rings. The van der Waals surface area contributed by atoms with E-state index in [1.165, 1.54) is 6.07 Å². The van der Waals surface area contributed by atoms with Crippen LogP contribution in [0.5, 0.6) is 0 Å². The highest BCUT2D eigenvalue weighted by molar-refractivity contribution is 5.85. The third kappa shape index (κ3) is 2.57. The third-order valence-electron chi connectivity index (χ3n) is 3.71. The molecule has 0 unspecified atom stereocenters. The van der Waals surface area contributed by atoms with Crippen LogP contribution in [-0.4, -0.2) is 11.0 Å². The molecule has 1 atom stereocenters. The van der Waals surface area contributed by atoms with Gasteiger partial charge >= 0.3 is 0 Å². The number of nitrogens with one attached hydrogen (secondary N) is 1. The number of H-pyrrole nitrogens is 1. The van der Waals surface area contributed by atoms with Gasteiger partial charge in [-0.2, -0.15) is 0 Å². The van der Waals surface area contributed by atoms with Gasteiger partial charge in [-0.05, 0) is 29.7 Å². The predicted molar refractivity (Wildman–Crippen MR) is 76.1 cm³/mol. The Labute approximate surface area is 125 Å². The van der Waals surface area contributed by atoms with Crippen molar-refractivity contribution in [3.05, 3.63) is 71.4 Å². The zero-order chi connectivity index (χ0) is 15.7. The van der Waals surface area contributed by atoms with E-state index in [-0.39, 0.29) is 12.0 Å². The Bertz CT molecular complexity index is 842. The van der Waals surface area contributed by atoms with E-state index in [1.54, 1.807) is 6.20 Å². The Morgan fingerprint density at radius 2 is 1.91 bits per heavy atom. The maximum absolute atomic E-state index is 14.1. The molecule has 1 heterocycles. The van der Waals surface area contributed by atoms with Crippen LogP contribution in [0, 0.1) is 11.6 Å². The summed E-state index contributed by atoms with van der Waals surface area (Å²) in [6.45, 7) is 0. The number of carboxylic acids is 1. The van der Waals surface area contributed by atoms with Crippen molar-refractivity contribution in [2.24, 2.45) is 0 Å². The number of hydrogen-bond acceptors (Lipinski definition) is 2. The maximum atomic E-state index is 14.1. The number of carbonyl (C=O) groups is 1. The minimum Gasteiger partial charge on any atom is -0.550 e. The van der Waals surface area contributed by atoms with Gasteiger partial charge in [-0.15, -0.1) is 0 Å². The molecule has 3 rings (SSSR count). The van der Waals surface area contributed by atoms with E-state index in [9.17, 15) is 18.7 Å². The van der Waals surface area contributed by atoms with E-state index in [0.717, 1.165) is 23.0 Å². The summed E-state index contributed by atoms with van der Waals surface area (Å²) < 4.78 is 27.2. The fourth-order valence-electron chi connectivity index (χ4n) is 2.72. The average Bonchev–Trinajstić information content (AvgIpc) is 2.89. The third-order valence-corrected chi connectivity index (χ3v) is 3.71. The normalized spacial score (nSPS) is 12.5. The molecule has 0 radical (unpaired) electrons. The van der Waals surface area contributed by atoms with Crippen molar-refractivity contribution in [1.29, 1.82) is 0 Å². The number of aromatic nitrogens is 1. The molecule has 112 valence electrons. The van der Waals surface area contributed by atoms with Gasteiger partial charge in [0.25, 0.3) is 0 Å². The fourth-order valence-corrected chi connectivity index (χ4v) is 2.72. The Balaban J connectivity index is 2.16. The van der Waals surface area contributed by atoms with E-state index >= 15 is 0 Å². The minimum absolute atomic E-state index is 0.135. The summed E-state index contributed by atoms with van der Waals surface area (Å²) in [6, 6.07) is 10.5. The molecule has 0 aliphatic rings. The highest BCUT2D eigenvalue weighted by Gasteiger charge is 2.21. The minimum atomic E-state index is -1.29. The zero-order valence-corrected chi connectivity index (χ0v) is 11.5. The molecule has 0 spiro atoms. The summed E-state index contributed by atoms with van der Waals surface area (Å²) in [5, 5.41) is 11.9. The van der Waals surface area contributed by atoms with E-state index < -0.39 is 23.5 Å². The van der Waals surface area contributed by atoms with E-state index in [0.29, 0.717) is 5.56 Å². The van der Waals surface area contributed by atoms with Gasteiger partial charge < -0.3 is 14.9 Å². The van der Waals surface area contributed by atoms with Crippen molar-refractivity contribution < 1.29 is 18.7 Å². The largest absolute Gasteiger partial charge is 0.550 e. The van der Waals surface area contributed by atoms with Crippen LogP contribution in [0.25, 0.3) is 10.9 Å². The lowest BCUT2D eigenvalue weighted by atomic mass is 9.88. The van der Waals surface area contributed by atoms with Crippen LogP contribution in [0.15, 0.2) is 48.7 Å². The highest BCUT2D eigenvalue weighted by atomic mass is 19.1. The summed E-state index contributed by atoms with van der Waals surface area (Å²) in [7, 11) is 0. The molecule has 2 aromatic carbocycles. The van der Waals surface area contributed by atoms with Crippen molar-refractivity contribution in [3.63, 3.8) is 0 Å². The lowest BCUT2D eigenvalue weighted by Gasteiger charge is -2.18. The van der Waals surface area contributed by atoms with Gasteiger partial charge in [0.2, 0.25) is 0 Å². The molecule has 0 aliphatic carbocycles. The van der Waals surface area contributed by atoms with Crippen LogP contribution < -0.4 is 5.11 Å². The zero-order valence-electron chi connectivity index (χ0n) is 11.5. The van der Waals surface area contributed by atoms with Crippen molar-refractivity contribution in [2.75, 3.05) is 0 Å². The molecule has 0 saturated heterocycles. The molecule has 3 nitrogen and oxygen atoms in total. The first-order valence-corrected chi connectivity index (χ1v) is 6.77. The highest BCUT2D eigenvalue weighted by Crippen LogP contribution is 2.34. The number of para-hydroxylation sites is 1. The Morgan fingerprint density at radius 1 is 1.14 bits per heavy atom. The van der Waals surface area contributed by atoms with Crippen molar-refractivity contribution in [2.45, 2.75) is 12.3 Å². The van der Waals surface area contributed by atoms with Gasteiger partial charge in [0.15, 0.2) is 0 Å². The first-order chi connectivity index (χ1) is 10.6. The molecular formula is C17H12F2NO2-. The molecule has 1 aromatic heterocycles. The number of aromatic amines is 1. The molecule has 22 heavy (non-hydrogen) atoms. The first-order valence-electron chi connectivity index (χ1n) is 6.77. The Hall–Kier alpha value is -2.69. The van der Waals surface area contributed by atoms with Crippen molar-refractivity contribution in [1.82, 2.24) is 4.98 Å². The summed E-state index contributed by atoms with van der Waals surface area (Å²) in [5.74, 6) is -3.51. The number of hydrogen-bond donors (Lipinski definition) is 1. The molecule has 1 N–H and O–H groups in total. The van der Waals surface area contributed by atoms with Gasteiger partial charge in [0.05, 0.1) is 0 Å².